The van der Waals surface area contributed by atoms with Crippen molar-refractivity contribution in [3.63, 3.8) is 0 Å². The molecule has 132 valence electrons. The Balaban J connectivity index is 1.52. The first-order valence-corrected chi connectivity index (χ1v) is 8.96. The molecular weight excluding hydrogens is 312 g/mol. The molecule has 0 aliphatic carbocycles. The molecule has 0 bridgehead atoms. The standard InChI is InChI=1S/C21H26N2O2/c1-18-12-13-22(21(24)25-17-20-10-6-3-7-11-20)14-15-23(18)16-19-8-4-2-5-9-19/h2-11,18H,12-17H2,1H3. The molecular formula is C21H26N2O2. The molecule has 2 aromatic rings. The van der Waals surface area contributed by atoms with E-state index < -0.39 is 0 Å². The van der Waals surface area contributed by atoms with Crippen molar-refractivity contribution in [2.24, 2.45) is 0 Å². The Morgan fingerprint density at radius 3 is 2.28 bits per heavy atom. The van der Waals surface area contributed by atoms with Crippen LogP contribution in [-0.2, 0) is 17.9 Å². The van der Waals surface area contributed by atoms with Gasteiger partial charge in [-0.25, -0.2) is 4.79 Å². The van der Waals surface area contributed by atoms with E-state index >= 15 is 0 Å². The van der Waals surface area contributed by atoms with Gasteiger partial charge in [-0.15, -0.1) is 0 Å². The van der Waals surface area contributed by atoms with E-state index in [-0.39, 0.29) is 6.09 Å². The lowest BCUT2D eigenvalue weighted by molar-refractivity contribution is 0.0972. The van der Waals surface area contributed by atoms with Crippen LogP contribution in [-0.4, -0.2) is 41.6 Å². The van der Waals surface area contributed by atoms with Crippen LogP contribution < -0.4 is 0 Å². The van der Waals surface area contributed by atoms with Crippen molar-refractivity contribution in [3.8, 4) is 0 Å². The Morgan fingerprint density at radius 2 is 1.60 bits per heavy atom. The third-order valence-corrected chi connectivity index (χ3v) is 4.79. The molecule has 1 amide bonds. The largest absolute Gasteiger partial charge is 0.445 e. The topological polar surface area (TPSA) is 32.8 Å². The normalized spacial score (nSPS) is 18.6. The van der Waals surface area contributed by atoms with E-state index in [1.807, 2.05) is 41.3 Å². The lowest BCUT2D eigenvalue weighted by Gasteiger charge is -2.26. The smallest absolute Gasteiger partial charge is 0.410 e. The summed E-state index contributed by atoms with van der Waals surface area (Å²) in [5.41, 5.74) is 2.33. The maximum atomic E-state index is 12.4. The Bertz CT molecular complexity index is 660. The van der Waals surface area contributed by atoms with Gasteiger partial charge in [0.15, 0.2) is 0 Å². The van der Waals surface area contributed by atoms with Crippen molar-refractivity contribution in [3.05, 3.63) is 71.8 Å². The molecule has 4 nitrogen and oxygen atoms in total. The van der Waals surface area contributed by atoms with Gasteiger partial charge in [-0.2, -0.15) is 0 Å². The quantitative estimate of drug-likeness (QED) is 0.847. The first-order chi connectivity index (χ1) is 12.2. The minimum absolute atomic E-state index is 0.211. The molecule has 1 heterocycles. The second-order valence-corrected chi connectivity index (χ2v) is 6.62. The average Bonchev–Trinajstić information content (AvgIpc) is 2.84. The Labute approximate surface area is 150 Å². The van der Waals surface area contributed by atoms with Gasteiger partial charge in [0.05, 0.1) is 0 Å². The number of rotatable bonds is 4. The molecule has 1 fully saturated rings. The van der Waals surface area contributed by atoms with E-state index in [4.69, 9.17) is 4.74 Å². The van der Waals surface area contributed by atoms with Crippen LogP contribution in [0.3, 0.4) is 0 Å². The van der Waals surface area contributed by atoms with Crippen LogP contribution in [0.25, 0.3) is 0 Å². The van der Waals surface area contributed by atoms with Crippen LogP contribution in [0.2, 0.25) is 0 Å². The molecule has 25 heavy (non-hydrogen) atoms. The van der Waals surface area contributed by atoms with Gasteiger partial charge in [0.25, 0.3) is 0 Å². The van der Waals surface area contributed by atoms with Gasteiger partial charge < -0.3 is 9.64 Å². The number of amides is 1. The number of carbonyl (C=O) groups excluding carboxylic acids is 1. The number of hydrogen-bond acceptors (Lipinski definition) is 3. The summed E-state index contributed by atoms with van der Waals surface area (Å²) in [5.74, 6) is 0. The third-order valence-electron chi connectivity index (χ3n) is 4.79. The van der Waals surface area contributed by atoms with Gasteiger partial charge in [-0.05, 0) is 24.5 Å². The minimum Gasteiger partial charge on any atom is -0.445 e. The number of benzene rings is 2. The van der Waals surface area contributed by atoms with E-state index in [1.165, 1.54) is 5.56 Å². The summed E-state index contributed by atoms with van der Waals surface area (Å²) in [4.78, 5) is 16.7. The Kier molecular flexibility index (Phi) is 6.07. The van der Waals surface area contributed by atoms with Crippen molar-refractivity contribution in [1.82, 2.24) is 9.80 Å². The molecule has 0 aromatic heterocycles. The molecule has 0 spiro atoms. The maximum Gasteiger partial charge on any atom is 0.410 e. The molecule has 2 aromatic carbocycles. The highest BCUT2D eigenvalue weighted by atomic mass is 16.6. The summed E-state index contributed by atoms with van der Waals surface area (Å²) in [5, 5.41) is 0. The number of nitrogens with zero attached hydrogens (tertiary/aromatic N) is 2. The summed E-state index contributed by atoms with van der Waals surface area (Å²) in [6.45, 7) is 5.83. The molecule has 1 atom stereocenters. The SMILES string of the molecule is CC1CCN(C(=O)OCc2ccccc2)CCN1Cc1ccccc1. The predicted molar refractivity (Wildman–Crippen MR) is 99.1 cm³/mol. The second kappa shape index (κ2) is 8.67. The first kappa shape index (κ1) is 17.5. The zero-order valence-electron chi connectivity index (χ0n) is 14.8. The number of carbonyl (C=O) groups is 1. The van der Waals surface area contributed by atoms with Gasteiger partial charge in [-0.1, -0.05) is 60.7 Å². The molecule has 3 rings (SSSR count). The summed E-state index contributed by atoms with van der Waals surface area (Å²) in [6, 6.07) is 20.8. The van der Waals surface area contributed by atoms with Gasteiger partial charge in [0.1, 0.15) is 6.61 Å². The zero-order chi connectivity index (χ0) is 17.5. The fourth-order valence-electron chi connectivity index (χ4n) is 3.15. The monoisotopic (exact) mass is 338 g/mol. The Hall–Kier alpha value is -2.33. The minimum atomic E-state index is -0.211. The van der Waals surface area contributed by atoms with Crippen molar-refractivity contribution >= 4 is 6.09 Å². The maximum absolute atomic E-state index is 12.4. The lowest BCUT2D eigenvalue weighted by atomic mass is 10.1. The van der Waals surface area contributed by atoms with Crippen LogP contribution >= 0.6 is 0 Å². The van der Waals surface area contributed by atoms with E-state index in [0.717, 1.165) is 31.6 Å². The van der Waals surface area contributed by atoms with E-state index in [2.05, 4.69) is 36.1 Å². The predicted octanol–water partition coefficient (Wildman–Crippen LogP) is 3.92. The lowest BCUT2D eigenvalue weighted by Crippen LogP contribution is -2.36. The molecule has 0 N–H and O–H groups in total. The highest BCUT2D eigenvalue weighted by Crippen LogP contribution is 2.15. The van der Waals surface area contributed by atoms with Crippen molar-refractivity contribution in [2.45, 2.75) is 32.5 Å². The molecule has 1 unspecified atom stereocenters. The van der Waals surface area contributed by atoms with Gasteiger partial charge in [0.2, 0.25) is 0 Å². The Morgan fingerprint density at radius 1 is 0.960 bits per heavy atom. The zero-order valence-corrected chi connectivity index (χ0v) is 14.8. The molecule has 0 radical (unpaired) electrons. The van der Waals surface area contributed by atoms with Crippen molar-refractivity contribution in [2.75, 3.05) is 19.6 Å². The van der Waals surface area contributed by atoms with Gasteiger partial charge in [-0.3, -0.25) is 4.90 Å². The van der Waals surface area contributed by atoms with E-state index in [0.29, 0.717) is 19.2 Å². The molecule has 1 saturated heterocycles. The molecule has 1 aliphatic rings. The third kappa shape index (κ3) is 5.07. The van der Waals surface area contributed by atoms with Crippen LogP contribution in [0.1, 0.15) is 24.5 Å². The summed E-state index contributed by atoms with van der Waals surface area (Å²) in [7, 11) is 0. The molecule has 4 heteroatoms. The van der Waals surface area contributed by atoms with Crippen molar-refractivity contribution < 1.29 is 9.53 Å². The van der Waals surface area contributed by atoms with E-state index in [9.17, 15) is 4.79 Å². The summed E-state index contributed by atoms with van der Waals surface area (Å²) in [6.07, 6.45) is 0.755. The van der Waals surface area contributed by atoms with Crippen LogP contribution in [0.4, 0.5) is 4.79 Å². The second-order valence-electron chi connectivity index (χ2n) is 6.62. The molecule has 1 aliphatic heterocycles. The fourth-order valence-corrected chi connectivity index (χ4v) is 3.15. The summed E-state index contributed by atoms with van der Waals surface area (Å²) < 4.78 is 5.48. The molecule has 0 saturated carbocycles. The van der Waals surface area contributed by atoms with Crippen LogP contribution in [0.5, 0.6) is 0 Å². The fraction of sp³-hybridized carbons (Fsp3) is 0.381. The van der Waals surface area contributed by atoms with E-state index in [1.54, 1.807) is 0 Å². The number of hydrogen-bond donors (Lipinski definition) is 0. The highest BCUT2D eigenvalue weighted by Gasteiger charge is 2.24. The van der Waals surface area contributed by atoms with Crippen molar-refractivity contribution in [1.29, 1.82) is 0 Å². The average molecular weight is 338 g/mol. The number of ether oxygens (including phenoxy) is 1. The summed E-state index contributed by atoms with van der Waals surface area (Å²) >= 11 is 0. The highest BCUT2D eigenvalue weighted by molar-refractivity contribution is 5.67. The van der Waals surface area contributed by atoms with Gasteiger partial charge in [0, 0.05) is 32.2 Å². The van der Waals surface area contributed by atoms with Crippen LogP contribution in [0.15, 0.2) is 60.7 Å². The van der Waals surface area contributed by atoms with Gasteiger partial charge >= 0.3 is 6.09 Å². The van der Waals surface area contributed by atoms with Crippen LogP contribution in [0, 0.1) is 0 Å². The first-order valence-electron chi connectivity index (χ1n) is 8.96.